The zero-order valence-electron chi connectivity index (χ0n) is 5.71. The van der Waals surface area contributed by atoms with Gasteiger partial charge in [-0.1, -0.05) is 0 Å². The Kier molecular flexibility index (Phi) is 2.45. The number of hydrogen-bond acceptors (Lipinski definition) is 3. The molecule has 1 N–H and O–H groups in total. The van der Waals surface area contributed by atoms with E-state index < -0.39 is 0 Å². The largest absolute Gasteiger partial charge is 0.390 e. The Hall–Kier alpha value is -0.120. The van der Waals surface area contributed by atoms with Crippen LogP contribution in [0.15, 0.2) is 0 Å². The van der Waals surface area contributed by atoms with E-state index in [2.05, 4.69) is 4.90 Å². The molecule has 0 saturated carbocycles. The van der Waals surface area contributed by atoms with Crippen LogP contribution in [0.3, 0.4) is 0 Å². The zero-order valence-corrected chi connectivity index (χ0v) is 5.71. The van der Waals surface area contributed by atoms with Crippen molar-refractivity contribution >= 4 is 0 Å². The van der Waals surface area contributed by atoms with Gasteiger partial charge in [-0.15, -0.1) is 0 Å². The van der Waals surface area contributed by atoms with Crippen molar-refractivity contribution in [3.8, 4) is 0 Å². The molecular formula is C6H13NO2. The summed E-state index contributed by atoms with van der Waals surface area (Å²) in [7, 11) is 1.69. The molecule has 0 spiro atoms. The third-order valence-electron chi connectivity index (χ3n) is 1.55. The molecule has 0 aliphatic carbocycles. The summed E-state index contributed by atoms with van der Waals surface area (Å²) in [5.41, 5.74) is 0. The average molecular weight is 131 g/mol. The lowest BCUT2D eigenvalue weighted by Gasteiger charge is -2.35. The summed E-state index contributed by atoms with van der Waals surface area (Å²) in [6.07, 6.45) is -0.0816. The fourth-order valence-electron chi connectivity index (χ4n) is 0.946. The summed E-state index contributed by atoms with van der Waals surface area (Å²) in [6, 6.07) is 0. The van der Waals surface area contributed by atoms with E-state index in [-0.39, 0.29) is 6.10 Å². The highest BCUT2D eigenvalue weighted by Gasteiger charge is 2.22. The molecule has 1 heterocycles. The summed E-state index contributed by atoms with van der Waals surface area (Å²) in [6.45, 7) is 3.37. The van der Waals surface area contributed by atoms with Gasteiger partial charge in [-0.25, -0.2) is 0 Å². The van der Waals surface area contributed by atoms with Crippen molar-refractivity contribution in [1.29, 1.82) is 0 Å². The number of likely N-dealkylation sites (tertiary alicyclic amines) is 1. The Morgan fingerprint density at radius 2 is 2.33 bits per heavy atom. The molecule has 0 unspecified atom stereocenters. The molecule has 0 aromatic carbocycles. The topological polar surface area (TPSA) is 32.7 Å². The van der Waals surface area contributed by atoms with E-state index in [0.29, 0.717) is 0 Å². The van der Waals surface area contributed by atoms with Crippen molar-refractivity contribution in [3.05, 3.63) is 0 Å². The highest BCUT2D eigenvalue weighted by Crippen LogP contribution is 2.04. The smallest absolute Gasteiger partial charge is 0.0793 e. The number of aliphatic hydroxyl groups excluding tert-OH is 1. The standard InChI is InChI=1S/C6H13NO2/c1-9-3-2-7-4-6(8)5-7/h6,8H,2-5H2,1H3. The summed E-state index contributed by atoms with van der Waals surface area (Å²) < 4.78 is 4.86. The van der Waals surface area contributed by atoms with E-state index in [0.717, 1.165) is 26.2 Å². The van der Waals surface area contributed by atoms with E-state index in [9.17, 15) is 0 Å². The predicted octanol–water partition coefficient (Wildman–Crippen LogP) is -0.691. The lowest BCUT2D eigenvalue weighted by molar-refractivity contribution is -0.00965. The molecule has 1 rings (SSSR count). The molecule has 3 heteroatoms. The second-order valence-corrected chi connectivity index (χ2v) is 2.41. The van der Waals surface area contributed by atoms with Crippen LogP contribution < -0.4 is 0 Å². The van der Waals surface area contributed by atoms with Gasteiger partial charge < -0.3 is 9.84 Å². The zero-order chi connectivity index (χ0) is 6.69. The molecule has 1 aliphatic rings. The number of hydrogen-bond donors (Lipinski definition) is 1. The molecule has 0 atom stereocenters. The van der Waals surface area contributed by atoms with E-state index in [4.69, 9.17) is 9.84 Å². The van der Waals surface area contributed by atoms with Crippen LogP contribution in [-0.2, 0) is 4.74 Å². The van der Waals surface area contributed by atoms with Crippen LogP contribution in [0, 0.1) is 0 Å². The van der Waals surface area contributed by atoms with Crippen LogP contribution >= 0.6 is 0 Å². The lowest BCUT2D eigenvalue weighted by Crippen LogP contribution is -2.51. The molecular weight excluding hydrogens is 118 g/mol. The van der Waals surface area contributed by atoms with E-state index in [1.807, 2.05) is 0 Å². The quantitative estimate of drug-likeness (QED) is 0.550. The number of nitrogens with zero attached hydrogens (tertiary/aromatic N) is 1. The van der Waals surface area contributed by atoms with Gasteiger partial charge in [0.2, 0.25) is 0 Å². The van der Waals surface area contributed by atoms with Gasteiger partial charge in [-0.05, 0) is 0 Å². The van der Waals surface area contributed by atoms with E-state index in [1.54, 1.807) is 7.11 Å². The number of methoxy groups -OCH3 is 1. The third-order valence-corrected chi connectivity index (χ3v) is 1.55. The van der Waals surface area contributed by atoms with E-state index in [1.165, 1.54) is 0 Å². The van der Waals surface area contributed by atoms with Crippen molar-refractivity contribution in [2.75, 3.05) is 33.4 Å². The second kappa shape index (κ2) is 3.15. The fourth-order valence-corrected chi connectivity index (χ4v) is 0.946. The number of ether oxygens (including phenoxy) is 1. The van der Waals surface area contributed by atoms with Crippen LogP contribution in [-0.4, -0.2) is 49.5 Å². The van der Waals surface area contributed by atoms with Gasteiger partial charge in [0.05, 0.1) is 12.7 Å². The van der Waals surface area contributed by atoms with Crippen molar-refractivity contribution in [2.24, 2.45) is 0 Å². The normalized spacial score (nSPS) is 22.0. The van der Waals surface area contributed by atoms with Gasteiger partial charge in [0.15, 0.2) is 0 Å². The van der Waals surface area contributed by atoms with E-state index >= 15 is 0 Å². The minimum Gasteiger partial charge on any atom is -0.390 e. The molecule has 54 valence electrons. The van der Waals surface area contributed by atoms with Gasteiger partial charge in [0.25, 0.3) is 0 Å². The Bertz CT molecular complexity index is 81.1. The Labute approximate surface area is 55.2 Å². The SMILES string of the molecule is COCCN1CC(O)C1. The monoisotopic (exact) mass is 131 g/mol. The van der Waals surface area contributed by atoms with Gasteiger partial charge in [-0.3, -0.25) is 4.90 Å². The molecule has 1 saturated heterocycles. The number of rotatable bonds is 3. The van der Waals surface area contributed by atoms with Crippen LogP contribution in [0.1, 0.15) is 0 Å². The van der Waals surface area contributed by atoms with Crippen LogP contribution in [0.4, 0.5) is 0 Å². The first kappa shape index (κ1) is 6.99. The molecule has 0 aromatic heterocycles. The summed E-state index contributed by atoms with van der Waals surface area (Å²) in [5, 5.41) is 8.84. The van der Waals surface area contributed by atoms with Crippen molar-refractivity contribution < 1.29 is 9.84 Å². The summed E-state index contributed by atoms with van der Waals surface area (Å²) >= 11 is 0. The maximum absolute atomic E-state index is 8.84. The fraction of sp³-hybridized carbons (Fsp3) is 1.00. The predicted molar refractivity (Wildman–Crippen MR) is 34.3 cm³/mol. The number of β-amino-alcohol motifs (C(OH)–C–C–N with tert-alkyl or cyclic N) is 1. The third kappa shape index (κ3) is 1.93. The molecule has 3 nitrogen and oxygen atoms in total. The average Bonchev–Trinajstić information content (AvgIpc) is 1.78. The van der Waals surface area contributed by atoms with Gasteiger partial charge >= 0.3 is 0 Å². The molecule has 1 fully saturated rings. The first-order valence-electron chi connectivity index (χ1n) is 3.22. The molecule has 0 aromatic rings. The van der Waals surface area contributed by atoms with Crippen molar-refractivity contribution in [2.45, 2.75) is 6.10 Å². The number of aliphatic hydroxyl groups is 1. The minimum atomic E-state index is -0.0816. The molecule has 1 aliphatic heterocycles. The maximum atomic E-state index is 8.84. The van der Waals surface area contributed by atoms with Gasteiger partial charge in [0.1, 0.15) is 0 Å². The van der Waals surface area contributed by atoms with Crippen molar-refractivity contribution in [3.63, 3.8) is 0 Å². The van der Waals surface area contributed by atoms with Gasteiger partial charge in [0, 0.05) is 26.7 Å². The molecule has 0 bridgehead atoms. The Balaban J connectivity index is 1.91. The lowest BCUT2D eigenvalue weighted by atomic mass is 10.2. The minimum absolute atomic E-state index is 0.0816. The molecule has 9 heavy (non-hydrogen) atoms. The van der Waals surface area contributed by atoms with Crippen LogP contribution in [0.5, 0.6) is 0 Å². The van der Waals surface area contributed by atoms with Crippen molar-refractivity contribution in [1.82, 2.24) is 4.90 Å². The maximum Gasteiger partial charge on any atom is 0.0793 e. The highest BCUT2D eigenvalue weighted by atomic mass is 16.5. The molecule has 0 radical (unpaired) electrons. The van der Waals surface area contributed by atoms with Gasteiger partial charge in [-0.2, -0.15) is 0 Å². The Morgan fingerprint density at radius 3 is 2.78 bits per heavy atom. The first-order valence-corrected chi connectivity index (χ1v) is 3.22. The van der Waals surface area contributed by atoms with Crippen LogP contribution in [0.2, 0.25) is 0 Å². The second-order valence-electron chi connectivity index (χ2n) is 2.41. The summed E-state index contributed by atoms with van der Waals surface area (Å²) in [5.74, 6) is 0. The van der Waals surface area contributed by atoms with Crippen LogP contribution in [0.25, 0.3) is 0 Å². The summed E-state index contributed by atoms with van der Waals surface area (Å²) in [4.78, 5) is 2.16. The molecule has 0 amide bonds. The Morgan fingerprint density at radius 1 is 1.67 bits per heavy atom. The highest BCUT2D eigenvalue weighted by molar-refractivity contribution is 4.77. The first-order chi connectivity index (χ1) is 4.33.